The fourth-order valence-corrected chi connectivity index (χ4v) is 2.33. The summed E-state index contributed by atoms with van der Waals surface area (Å²) in [5, 5.41) is 17.9. The van der Waals surface area contributed by atoms with Gasteiger partial charge >= 0.3 is 0 Å². The van der Waals surface area contributed by atoms with E-state index in [4.69, 9.17) is 10.4 Å². The molecular weight excluding hydrogens is 230 g/mol. The predicted octanol–water partition coefficient (Wildman–Crippen LogP) is 3.20. The largest absolute Gasteiger partial charge is 0.392 e. The van der Waals surface area contributed by atoms with E-state index >= 15 is 0 Å². The second kappa shape index (κ2) is 5.53. The Morgan fingerprint density at radius 2 is 1.76 bits per heavy atom. The summed E-state index contributed by atoms with van der Waals surface area (Å²) < 4.78 is 0. The molecule has 0 amide bonds. The third kappa shape index (κ3) is 2.88. The average molecular weight is 241 g/mol. The van der Waals surface area contributed by atoms with Crippen molar-refractivity contribution in [2.24, 2.45) is 0 Å². The Balaban J connectivity index is 2.23. The van der Waals surface area contributed by atoms with E-state index < -0.39 is 0 Å². The number of aliphatic hydroxyl groups is 1. The van der Waals surface area contributed by atoms with Crippen LogP contribution in [0.3, 0.4) is 0 Å². The Kier molecular flexibility index (Phi) is 3.81. The van der Waals surface area contributed by atoms with E-state index in [9.17, 15) is 0 Å². The number of aliphatic hydroxyl groups excluding tert-OH is 1. The molecule has 0 spiro atoms. The van der Waals surface area contributed by atoms with Crippen molar-refractivity contribution in [1.82, 2.24) is 0 Å². The van der Waals surface area contributed by atoms with Gasteiger partial charge in [0.25, 0.3) is 0 Å². The van der Waals surface area contributed by atoms with E-state index in [1.54, 1.807) is 11.8 Å². The van der Waals surface area contributed by atoms with Gasteiger partial charge in [0.2, 0.25) is 0 Å². The van der Waals surface area contributed by atoms with Gasteiger partial charge in [0.05, 0.1) is 12.2 Å². The lowest BCUT2D eigenvalue weighted by molar-refractivity contribution is 0.282. The van der Waals surface area contributed by atoms with Crippen molar-refractivity contribution in [3.8, 4) is 6.07 Å². The van der Waals surface area contributed by atoms with Crippen LogP contribution in [-0.4, -0.2) is 5.11 Å². The summed E-state index contributed by atoms with van der Waals surface area (Å²) in [6, 6.07) is 17.4. The molecule has 0 bridgehead atoms. The van der Waals surface area contributed by atoms with Gasteiger partial charge in [-0.3, -0.25) is 0 Å². The third-order valence-electron chi connectivity index (χ3n) is 2.34. The summed E-state index contributed by atoms with van der Waals surface area (Å²) in [4.78, 5) is 2.01. The molecule has 0 unspecified atom stereocenters. The van der Waals surface area contributed by atoms with Crippen LogP contribution in [0.1, 0.15) is 11.1 Å². The molecule has 2 rings (SSSR count). The summed E-state index contributed by atoms with van der Waals surface area (Å²) in [6.07, 6.45) is 0. The molecule has 0 atom stereocenters. The number of benzene rings is 2. The molecule has 0 aliphatic heterocycles. The zero-order chi connectivity index (χ0) is 12.1. The van der Waals surface area contributed by atoms with Gasteiger partial charge in [-0.1, -0.05) is 36.0 Å². The molecule has 0 heterocycles. The fourth-order valence-electron chi connectivity index (χ4n) is 1.44. The molecule has 0 aliphatic rings. The minimum atomic E-state index is 0.0553. The molecule has 0 aromatic heterocycles. The maximum Gasteiger partial charge on any atom is 0.100 e. The van der Waals surface area contributed by atoms with E-state index in [0.29, 0.717) is 5.56 Å². The minimum absolute atomic E-state index is 0.0553. The van der Waals surface area contributed by atoms with Crippen LogP contribution in [0.4, 0.5) is 0 Å². The molecule has 0 aliphatic carbocycles. The molecule has 0 radical (unpaired) electrons. The van der Waals surface area contributed by atoms with Crippen molar-refractivity contribution < 1.29 is 5.11 Å². The molecule has 1 N–H and O–H groups in total. The molecule has 2 aromatic carbocycles. The highest BCUT2D eigenvalue weighted by molar-refractivity contribution is 7.99. The second-order valence-electron chi connectivity index (χ2n) is 3.51. The first-order valence-electron chi connectivity index (χ1n) is 5.20. The van der Waals surface area contributed by atoms with Crippen molar-refractivity contribution in [3.05, 3.63) is 59.7 Å². The monoisotopic (exact) mass is 241 g/mol. The van der Waals surface area contributed by atoms with Crippen LogP contribution in [0.5, 0.6) is 0 Å². The van der Waals surface area contributed by atoms with E-state index in [1.165, 1.54) is 0 Å². The number of nitriles is 1. The molecule has 2 nitrogen and oxygen atoms in total. The summed E-state index contributed by atoms with van der Waals surface area (Å²) in [7, 11) is 0. The highest BCUT2D eigenvalue weighted by atomic mass is 32.2. The maximum absolute atomic E-state index is 8.98. The van der Waals surface area contributed by atoms with E-state index in [1.807, 2.05) is 48.5 Å². The summed E-state index contributed by atoms with van der Waals surface area (Å²) >= 11 is 1.55. The summed E-state index contributed by atoms with van der Waals surface area (Å²) in [5.41, 5.74) is 1.58. The van der Waals surface area contributed by atoms with Crippen molar-refractivity contribution in [2.75, 3.05) is 0 Å². The van der Waals surface area contributed by atoms with Crippen molar-refractivity contribution in [3.63, 3.8) is 0 Å². The first-order valence-corrected chi connectivity index (χ1v) is 6.02. The van der Waals surface area contributed by atoms with Gasteiger partial charge in [-0.15, -0.1) is 0 Å². The van der Waals surface area contributed by atoms with Gasteiger partial charge in [-0.05, 0) is 29.8 Å². The van der Waals surface area contributed by atoms with Gasteiger partial charge in [-0.25, -0.2) is 0 Å². The number of rotatable bonds is 3. The van der Waals surface area contributed by atoms with Crippen LogP contribution < -0.4 is 0 Å². The Hall–Kier alpha value is -1.76. The van der Waals surface area contributed by atoms with Crippen molar-refractivity contribution in [2.45, 2.75) is 16.4 Å². The lowest BCUT2D eigenvalue weighted by Gasteiger charge is -2.04. The smallest absolute Gasteiger partial charge is 0.100 e. The highest BCUT2D eigenvalue weighted by Crippen LogP contribution is 2.30. The topological polar surface area (TPSA) is 44.0 Å². The third-order valence-corrected chi connectivity index (χ3v) is 3.43. The lowest BCUT2D eigenvalue weighted by Crippen LogP contribution is -1.83. The molecule has 0 fully saturated rings. The van der Waals surface area contributed by atoms with Crippen LogP contribution in [0.25, 0.3) is 0 Å². The van der Waals surface area contributed by atoms with Gasteiger partial charge in [0.15, 0.2) is 0 Å². The number of nitrogens with zero attached hydrogens (tertiary/aromatic N) is 1. The maximum atomic E-state index is 8.98. The quantitative estimate of drug-likeness (QED) is 0.897. The van der Waals surface area contributed by atoms with E-state index in [-0.39, 0.29) is 6.61 Å². The second-order valence-corrected chi connectivity index (χ2v) is 4.63. The number of hydrogen-bond donors (Lipinski definition) is 1. The van der Waals surface area contributed by atoms with Crippen molar-refractivity contribution >= 4 is 11.8 Å². The predicted molar refractivity (Wildman–Crippen MR) is 67.6 cm³/mol. The molecule has 84 valence electrons. The lowest BCUT2D eigenvalue weighted by atomic mass is 10.2. The van der Waals surface area contributed by atoms with Gasteiger partial charge in [0, 0.05) is 9.79 Å². The van der Waals surface area contributed by atoms with Crippen LogP contribution in [-0.2, 0) is 6.61 Å². The summed E-state index contributed by atoms with van der Waals surface area (Å²) in [6.45, 7) is 0.0553. The Morgan fingerprint density at radius 3 is 2.41 bits per heavy atom. The number of hydrogen-bond acceptors (Lipinski definition) is 3. The zero-order valence-electron chi connectivity index (χ0n) is 9.13. The van der Waals surface area contributed by atoms with Crippen LogP contribution in [0.2, 0.25) is 0 Å². The normalized spacial score (nSPS) is 9.88. The zero-order valence-corrected chi connectivity index (χ0v) is 9.95. The van der Waals surface area contributed by atoms with Crippen LogP contribution in [0.15, 0.2) is 58.3 Å². The SMILES string of the molecule is N#Cc1ccccc1Sc1ccc(CO)cc1. The first kappa shape index (κ1) is 11.7. The van der Waals surface area contributed by atoms with Gasteiger partial charge in [-0.2, -0.15) is 5.26 Å². The first-order chi connectivity index (χ1) is 8.33. The van der Waals surface area contributed by atoms with Gasteiger partial charge in [0.1, 0.15) is 6.07 Å². The molecule has 2 aromatic rings. The van der Waals surface area contributed by atoms with E-state index in [2.05, 4.69) is 6.07 Å². The average Bonchev–Trinajstić information content (AvgIpc) is 2.40. The Bertz CT molecular complexity index is 543. The Labute approximate surface area is 105 Å². The Morgan fingerprint density at radius 1 is 1.06 bits per heavy atom. The molecule has 0 saturated carbocycles. The highest BCUT2D eigenvalue weighted by Gasteiger charge is 2.02. The molecule has 3 heteroatoms. The van der Waals surface area contributed by atoms with Crippen LogP contribution >= 0.6 is 11.8 Å². The molecule has 17 heavy (non-hydrogen) atoms. The summed E-state index contributed by atoms with van der Waals surface area (Å²) in [5.74, 6) is 0. The molecule has 0 saturated heterocycles. The van der Waals surface area contributed by atoms with Crippen molar-refractivity contribution in [1.29, 1.82) is 5.26 Å². The van der Waals surface area contributed by atoms with Crippen LogP contribution in [0, 0.1) is 11.3 Å². The standard InChI is InChI=1S/C14H11NOS/c15-9-12-3-1-2-4-14(12)17-13-7-5-11(10-16)6-8-13/h1-8,16H,10H2. The van der Waals surface area contributed by atoms with E-state index in [0.717, 1.165) is 15.4 Å². The fraction of sp³-hybridized carbons (Fsp3) is 0.0714. The molecular formula is C14H11NOS. The minimum Gasteiger partial charge on any atom is -0.392 e. The van der Waals surface area contributed by atoms with Gasteiger partial charge < -0.3 is 5.11 Å².